The Labute approximate surface area is 168 Å². The summed E-state index contributed by atoms with van der Waals surface area (Å²) in [6.45, 7) is 8.31. The van der Waals surface area contributed by atoms with Gasteiger partial charge in [0.1, 0.15) is 12.4 Å². The van der Waals surface area contributed by atoms with E-state index in [1.807, 2.05) is 57.2 Å². The van der Waals surface area contributed by atoms with E-state index < -0.39 is 6.67 Å². The first kappa shape index (κ1) is 23.4. The van der Waals surface area contributed by atoms with Crippen LogP contribution in [0.3, 0.4) is 0 Å². The highest BCUT2D eigenvalue weighted by molar-refractivity contribution is 5.30. The molecule has 2 rings (SSSR count). The first-order chi connectivity index (χ1) is 13.7. The average Bonchev–Trinajstić information content (AvgIpc) is 3.00. The number of alkyl halides is 1. The molecule has 0 saturated carbocycles. The molecule has 0 bridgehead atoms. The van der Waals surface area contributed by atoms with Gasteiger partial charge >= 0.3 is 0 Å². The van der Waals surface area contributed by atoms with E-state index in [0.29, 0.717) is 24.5 Å². The van der Waals surface area contributed by atoms with E-state index in [0.717, 1.165) is 12.0 Å². The summed E-state index contributed by atoms with van der Waals surface area (Å²) in [6, 6.07) is 1.84. The van der Waals surface area contributed by atoms with Crippen molar-refractivity contribution in [1.29, 1.82) is 0 Å². The minimum Gasteiger partial charge on any atom is -0.492 e. The predicted molar refractivity (Wildman–Crippen MR) is 117 cm³/mol. The number of nitrogens with zero attached hydrogens (tertiary/aromatic N) is 1. The van der Waals surface area contributed by atoms with Gasteiger partial charge in [-0.15, -0.1) is 0 Å². The number of aromatic nitrogens is 1. The van der Waals surface area contributed by atoms with E-state index in [1.54, 1.807) is 23.8 Å². The van der Waals surface area contributed by atoms with Gasteiger partial charge in [-0.05, 0) is 19.4 Å². The first-order valence-corrected chi connectivity index (χ1v) is 9.90. The lowest BCUT2D eigenvalue weighted by molar-refractivity contribution is 0.293. The van der Waals surface area contributed by atoms with Crippen LogP contribution in [0, 0.1) is 12.8 Å². The van der Waals surface area contributed by atoms with Gasteiger partial charge in [-0.25, -0.2) is 4.39 Å². The number of rotatable bonds is 8. The van der Waals surface area contributed by atoms with Crippen LogP contribution in [-0.2, 0) is 6.54 Å². The summed E-state index contributed by atoms with van der Waals surface area (Å²) in [5.41, 5.74) is 1.60. The number of pyridine rings is 1. The zero-order valence-corrected chi connectivity index (χ0v) is 17.4. The van der Waals surface area contributed by atoms with E-state index in [1.165, 1.54) is 6.08 Å². The van der Waals surface area contributed by atoms with Crippen LogP contribution < -0.4 is 10.3 Å². The molecule has 0 radical (unpaired) electrons. The molecular weight excluding hydrogens is 353 g/mol. The normalized spacial score (nSPS) is 14.1. The molecule has 0 saturated heterocycles. The standard InChI is InChI=1S/C22H26FNO2.C2H6/c1-3-19(10-8-9-14-23)16-24-15-13-21(18(2)22(24)25)26-17-20-11-6-4-5-7-12-20;1-2/h4-13,15,20H,3,14,16-17H2,1-2H3;1-2H3/b9-8-,19-10+;. The molecule has 0 aliphatic heterocycles. The van der Waals surface area contributed by atoms with Crippen molar-refractivity contribution >= 4 is 0 Å². The van der Waals surface area contributed by atoms with Gasteiger partial charge in [0, 0.05) is 18.7 Å². The Morgan fingerprint density at radius 2 is 1.89 bits per heavy atom. The molecule has 152 valence electrons. The van der Waals surface area contributed by atoms with Crippen molar-refractivity contribution in [2.24, 2.45) is 5.92 Å². The van der Waals surface area contributed by atoms with E-state index in [9.17, 15) is 9.18 Å². The lowest BCUT2D eigenvalue weighted by Crippen LogP contribution is -2.23. The van der Waals surface area contributed by atoms with Gasteiger partial charge in [0.15, 0.2) is 0 Å². The van der Waals surface area contributed by atoms with Crippen LogP contribution in [-0.4, -0.2) is 17.8 Å². The van der Waals surface area contributed by atoms with E-state index in [2.05, 4.69) is 12.2 Å². The molecule has 0 fully saturated rings. The number of halogens is 1. The smallest absolute Gasteiger partial charge is 0.257 e. The third kappa shape index (κ3) is 7.55. The summed E-state index contributed by atoms with van der Waals surface area (Å²) in [5, 5.41) is 0. The Kier molecular flexibility index (Phi) is 11.3. The Morgan fingerprint density at radius 1 is 1.21 bits per heavy atom. The SMILES string of the molecule is CC.CC/C(=C\C=C/CF)Cn1ccc(OCC2C=CC=CC=C2)c(C)c1=O. The van der Waals surface area contributed by atoms with Crippen molar-refractivity contribution in [3.8, 4) is 5.75 Å². The van der Waals surface area contributed by atoms with Gasteiger partial charge in [-0.3, -0.25) is 4.79 Å². The fourth-order valence-electron chi connectivity index (χ4n) is 2.61. The molecule has 1 heterocycles. The zero-order valence-electron chi connectivity index (χ0n) is 17.4. The molecule has 1 aliphatic rings. The van der Waals surface area contributed by atoms with Crippen LogP contribution >= 0.6 is 0 Å². The molecule has 0 spiro atoms. The van der Waals surface area contributed by atoms with Crippen molar-refractivity contribution < 1.29 is 9.13 Å². The first-order valence-electron chi connectivity index (χ1n) is 9.90. The predicted octanol–water partition coefficient (Wildman–Crippen LogP) is 5.72. The molecule has 0 atom stereocenters. The second-order valence-corrected chi connectivity index (χ2v) is 6.13. The van der Waals surface area contributed by atoms with Gasteiger partial charge in [0.2, 0.25) is 0 Å². The van der Waals surface area contributed by atoms with Crippen molar-refractivity contribution in [3.05, 3.63) is 88.4 Å². The maximum atomic E-state index is 12.6. The van der Waals surface area contributed by atoms with E-state index in [4.69, 9.17) is 4.74 Å². The monoisotopic (exact) mass is 385 g/mol. The van der Waals surface area contributed by atoms with Crippen molar-refractivity contribution in [1.82, 2.24) is 4.57 Å². The van der Waals surface area contributed by atoms with Crippen LogP contribution in [0.5, 0.6) is 5.75 Å². The fourth-order valence-corrected chi connectivity index (χ4v) is 2.61. The number of ether oxygens (including phenoxy) is 1. The van der Waals surface area contributed by atoms with Crippen LogP contribution in [0.15, 0.2) is 77.3 Å². The van der Waals surface area contributed by atoms with Crippen molar-refractivity contribution in [2.45, 2.75) is 40.7 Å². The second-order valence-electron chi connectivity index (χ2n) is 6.13. The van der Waals surface area contributed by atoms with Crippen LogP contribution in [0.1, 0.15) is 32.8 Å². The van der Waals surface area contributed by atoms with Gasteiger partial charge in [-0.1, -0.05) is 81.0 Å². The van der Waals surface area contributed by atoms with Crippen LogP contribution in [0.4, 0.5) is 4.39 Å². The van der Waals surface area contributed by atoms with E-state index in [-0.39, 0.29) is 11.5 Å². The number of allylic oxidation sites excluding steroid dienone is 8. The average molecular weight is 386 g/mol. The maximum Gasteiger partial charge on any atom is 0.257 e. The van der Waals surface area contributed by atoms with Crippen LogP contribution in [0.25, 0.3) is 0 Å². The number of hydrogen-bond acceptors (Lipinski definition) is 2. The highest BCUT2D eigenvalue weighted by Crippen LogP contribution is 2.16. The molecule has 0 aromatic carbocycles. The molecule has 28 heavy (non-hydrogen) atoms. The quantitative estimate of drug-likeness (QED) is 0.536. The summed E-state index contributed by atoms with van der Waals surface area (Å²) in [7, 11) is 0. The van der Waals surface area contributed by atoms with Gasteiger partial charge < -0.3 is 9.30 Å². The summed E-state index contributed by atoms with van der Waals surface area (Å²) >= 11 is 0. The molecule has 0 amide bonds. The summed E-state index contributed by atoms with van der Waals surface area (Å²) < 4.78 is 19.7. The summed E-state index contributed by atoms with van der Waals surface area (Å²) in [5.74, 6) is 0.799. The lowest BCUT2D eigenvalue weighted by Gasteiger charge is -2.14. The Hall–Kier alpha value is -2.62. The van der Waals surface area contributed by atoms with Gasteiger partial charge in [-0.2, -0.15) is 0 Å². The second kappa shape index (κ2) is 13.5. The Balaban J connectivity index is 0.00000190. The van der Waals surface area contributed by atoms with Crippen molar-refractivity contribution in [3.63, 3.8) is 0 Å². The molecule has 4 heteroatoms. The fraction of sp³-hybridized carbons (Fsp3) is 0.375. The maximum absolute atomic E-state index is 12.6. The van der Waals surface area contributed by atoms with E-state index >= 15 is 0 Å². The summed E-state index contributed by atoms with van der Waals surface area (Å²) in [4.78, 5) is 12.6. The summed E-state index contributed by atoms with van der Waals surface area (Å²) in [6.07, 6.45) is 19.6. The third-order valence-corrected chi connectivity index (χ3v) is 4.22. The molecule has 1 aromatic rings. The Bertz CT molecular complexity index is 781. The molecular formula is C24H32FNO2. The Morgan fingerprint density at radius 3 is 2.50 bits per heavy atom. The molecule has 0 N–H and O–H groups in total. The van der Waals surface area contributed by atoms with Crippen LogP contribution in [0.2, 0.25) is 0 Å². The molecule has 3 nitrogen and oxygen atoms in total. The third-order valence-electron chi connectivity index (χ3n) is 4.22. The highest BCUT2D eigenvalue weighted by atomic mass is 19.1. The lowest BCUT2D eigenvalue weighted by atomic mass is 10.1. The number of hydrogen-bond donors (Lipinski definition) is 0. The minimum atomic E-state index is -0.486. The molecule has 1 aromatic heterocycles. The largest absolute Gasteiger partial charge is 0.492 e. The molecule has 0 unspecified atom stereocenters. The zero-order chi connectivity index (χ0) is 20.8. The molecule has 1 aliphatic carbocycles. The minimum absolute atomic E-state index is 0.0649. The topological polar surface area (TPSA) is 31.2 Å². The van der Waals surface area contributed by atoms with Crippen molar-refractivity contribution in [2.75, 3.05) is 13.3 Å². The van der Waals surface area contributed by atoms with Gasteiger partial charge in [0.05, 0.1) is 12.2 Å². The highest BCUT2D eigenvalue weighted by Gasteiger charge is 2.10. The van der Waals surface area contributed by atoms with Gasteiger partial charge in [0.25, 0.3) is 5.56 Å².